The third-order valence-electron chi connectivity index (χ3n) is 3.15. The first-order valence-electron chi connectivity index (χ1n) is 6.74. The van der Waals surface area contributed by atoms with E-state index in [2.05, 4.69) is 5.32 Å². The van der Waals surface area contributed by atoms with Crippen molar-refractivity contribution in [3.63, 3.8) is 0 Å². The molecule has 2 rings (SSSR count). The van der Waals surface area contributed by atoms with Gasteiger partial charge in [0.2, 0.25) is 0 Å². The van der Waals surface area contributed by atoms with Gasteiger partial charge < -0.3 is 14.8 Å². The van der Waals surface area contributed by atoms with Gasteiger partial charge in [0.25, 0.3) is 5.91 Å². The molecule has 0 aliphatic rings. The maximum absolute atomic E-state index is 12.0. The fourth-order valence-corrected chi connectivity index (χ4v) is 2.08. The van der Waals surface area contributed by atoms with Gasteiger partial charge in [-0.15, -0.1) is 0 Å². The first kappa shape index (κ1) is 14.8. The summed E-state index contributed by atoms with van der Waals surface area (Å²) in [6.07, 6.45) is 3.79. The Morgan fingerprint density at radius 1 is 1.19 bits per heavy atom. The first-order valence-corrected chi connectivity index (χ1v) is 6.74. The van der Waals surface area contributed by atoms with Crippen molar-refractivity contribution in [1.29, 1.82) is 0 Å². The summed E-state index contributed by atoms with van der Waals surface area (Å²) < 4.78 is 4.88. The summed E-state index contributed by atoms with van der Waals surface area (Å²) in [5.74, 6) is -1.12. The van der Waals surface area contributed by atoms with Crippen LogP contribution in [0.1, 0.15) is 28.8 Å². The minimum Gasteiger partial charge on any atom is -0.481 e. The lowest BCUT2D eigenvalue weighted by molar-refractivity contribution is -0.137. The van der Waals surface area contributed by atoms with E-state index >= 15 is 0 Å². The van der Waals surface area contributed by atoms with Crippen LogP contribution in [-0.4, -0.2) is 23.0 Å². The number of hydrogen-bond acceptors (Lipinski definition) is 3. The van der Waals surface area contributed by atoms with Crippen molar-refractivity contribution in [2.75, 3.05) is 0 Å². The Bertz CT molecular complexity index is 578. The number of carboxylic acid groups (broad SMARTS) is 1. The second kappa shape index (κ2) is 7.28. The van der Waals surface area contributed by atoms with Crippen LogP contribution in [0.2, 0.25) is 0 Å². The van der Waals surface area contributed by atoms with Gasteiger partial charge in [0.1, 0.15) is 6.26 Å². The number of aliphatic carboxylic acids is 1. The molecule has 0 radical (unpaired) electrons. The fourth-order valence-electron chi connectivity index (χ4n) is 2.08. The van der Waals surface area contributed by atoms with Gasteiger partial charge in [0.15, 0.2) is 0 Å². The second-order valence-electron chi connectivity index (χ2n) is 4.80. The molecule has 0 saturated heterocycles. The van der Waals surface area contributed by atoms with Crippen LogP contribution in [0.3, 0.4) is 0 Å². The summed E-state index contributed by atoms with van der Waals surface area (Å²) in [5, 5.41) is 11.7. The Morgan fingerprint density at radius 3 is 2.57 bits per heavy atom. The Hall–Kier alpha value is -2.56. The van der Waals surface area contributed by atoms with Gasteiger partial charge in [0.05, 0.1) is 11.8 Å². The Balaban J connectivity index is 2.01. The van der Waals surface area contributed by atoms with Gasteiger partial charge in [-0.25, -0.2) is 0 Å². The van der Waals surface area contributed by atoms with Crippen LogP contribution in [0.15, 0.2) is 53.3 Å². The number of rotatable bonds is 7. The molecule has 0 aliphatic carbocycles. The zero-order valence-corrected chi connectivity index (χ0v) is 11.5. The minimum atomic E-state index is -0.870. The molecule has 1 atom stereocenters. The molecule has 0 saturated carbocycles. The van der Waals surface area contributed by atoms with Crippen molar-refractivity contribution in [2.24, 2.45) is 0 Å². The SMILES string of the molecule is O=C(O)CCC(Cc1ccccc1)NC(=O)c1ccoc1. The van der Waals surface area contributed by atoms with Crippen molar-refractivity contribution >= 4 is 11.9 Å². The average molecular weight is 287 g/mol. The Labute approximate surface area is 122 Å². The highest BCUT2D eigenvalue weighted by Crippen LogP contribution is 2.09. The lowest BCUT2D eigenvalue weighted by Crippen LogP contribution is -2.36. The standard InChI is InChI=1S/C16H17NO4/c18-15(19)7-6-14(10-12-4-2-1-3-5-12)17-16(20)13-8-9-21-11-13/h1-5,8-9,11,14H,6-7,10H2,(H,17,20)(H,18,19). The van der Waals surface area contributed by atoms with Crippen LogP contribution < -0.4 is 5.32 Å². The number of nitrogens with one attached hydrogen (secondary N) is 1. The third-order valence-corrected chi connectivity index (χ3v) is 3.15. The number of furan rings is 1. The summed E-state index contributed by atoms with van der Waals surface area (Å²) in [6, 6.07) is 11.0. The molecular weight excluding hydrogens is 270 g/mol. The zero-order chi connectivity index (χ0) is 15.1. The van der Waals surface area contributed by atoms with Crippen molar-refractivity contribution in [3.05, 3.63) is 60.1 Å². The molecule has 2 aromatic rings. The van der Waals surface area contributed by atoms with E-state index < -0.39 is 5.97 Å². The van der Waals surface area contributed by atoms with Crippen molar-refractivity contribution in [1.82, 2.24) is 5.32 Å². The molecule has 0 fully saturated rings. The van der Waals surface area contributed by atoms with Gasteiger partial charge in [-0.2, -0.15) is 0 Å². The summed E-state index contributed by atoms with van der Waals surface area (Å²) in [7, 11) is 0. The molecule has 5 nitrogen and oxygen atoms in total. The molecule has 21 heavy (non-hydrogen) atoms. The molecule has 0 aliphatic heterocycles. The Kier molecular flexibility index (Phi) is 5.15. The largest absolute Gasteiger partial charge is 0.481 e. The number of benzene rings is 1. The number of carbonyl (C=O) groups excluding carboxylic acids is 1. The van der Waals surface area contributed by atoms with Crippen LogP contribution >= 0.6 is 0 Å². The maximum atomic E-state index is 12.0. The van der Waals surface area contributed by atoms with Crippen LogP contribution in [0.5, 0.6) is 0 Å². The number of carboxylic acids is 1. The number of carbonyl (C=O) groups is 2. The fraction of sp³-hybridized carbons (Fsp3) is 0.250. The van der Waals surface area contributed by atoms with Gasteiger partial charge >= 0.3 is 5.97 Å². The predicted octanol–water partition coefficient (Wildman–Crippen LogP) is 2.49. The molecule has 0 bridgehead atoms. The maximum Gasteiger partial charge on any atom is 0.303 e. The number of amides is 1. The molecule has 110 valence electrons. The van der Waals surface area contributed by atoms with Crippen molar-refractivity contribution in [3.8, 4) is 0 Å². The van der Waals surface area contributed by atoms with Crippen LogP contribution in [0.4, 0.5) is 0 Å². The van der Waals surface area contributed by atoms with E-state index in [0.717, 1.165) is 5.56 Å². The van der Waals surface area contributed by atoms with Gasteiger partial charge in [-0.05, 0) is 24.5 Å². The van der Waals surface area contributed by atoms with E-state index in [4.69, 9.17) is 9.52 Å². The van der Waals surface area contributed by atoms with Crippen LogP contribution in [-0.2, 0) is 11.2 Å². The third kappa shape index (κ3) is 4.80. The lowest BCUT2D eigenvalue weighted by Gasteiger charge is -2.17. The van der Waals surface area contributed by atoms with Crippen molar-refractivity contribution in [2.45, 2.75) is 25.3 Å². The van der Waals surface area contributed by atoms with E-state index in [1.54, 1.807) is 6.07 Å². The van der Waals surface area contributed by atoms with E-state index in [0.29, 0.717) is 18.4 Å². The molecular formula is C16H17NO4. The molecule has 5 heteroatoms. The highest BCUT2D eigenvalue weighted by Gasteiger charge is 2.16. The Morgan fingerprint density at radius 2 is 1.95 bits per heavy atom. The molecule has 1 aromatic heterocycles. The topological polar surface area (TPSA) is 79.5 Å². The minimum absolute atomic E-state index is 0.0170. The van der Waals surface area contributed by atoms with E-state index in [1.807, 2.05) is 30.3 Å². The normalized spacial score (nSPS) is 11.8. The molecule has 1 amide bonds. The van der Waals surface area contributed by atoms with Crippen LogP contribution in [0.25, 0.3) is 0 Å². The molecule has 1 aromatic carbocycles. The summed E-state index contributed by atoms with van der Waals surface area (Å²) >= 11 is 0. The quantitative estimate of drug-likeness (QED) is 0.820. The van der Waals surface area contributed by atoms with Crippen molar-refractivity contribution < 1.29 is 19.1 Å². The van der Waals surface area contributed by atoms with E-state index in [-0.39, 0.29) is 18.4 Å². The highest BCUT2D eigenvalue weighted by molar-refractivity contribution is 5.94. The van der Waals surface area contributed by atoms with E-state index in [9.17, 15) is 9.59 Å². The first-order chi connectivity index (χ1) is 10.1. The van der Waals surface area contributed by atoms with Gasteiger partial charge in [0, 0.05) is 12.5 Å². The monoisotopic (exact) mass is 287 g/mol. The average Bonchev–Trinajstić information content (AvgIpc) is 3.00. The molecule has 2 N–H and O–H groups in total. The predicted molar refractivity (Wildman–Crippen MR) is 77.0 cm³/mol. The summed E-state index contributed by atoms with van der Waals surface area (Å²) in [6.45, 7) is 0. The smallest absolute Gasteiger partial charge is 0.303 e. The second-order valence-corrected chi connectivity index (χ2v) is 4.80. The summed E-state index contributed by atoms with van der Waals surface area (Å²) in [5.41, 5.74) is 1.49. The highest BCUT2D eigenvalue weighted by atomic mass is 16.4. The van der Waals surface area contributed by atoms with Gasteiger partial charge in [-0.3, -0.25) is 9.59 Å². The molecule has 1 heterocycles. The number of hydrogen-bond donors (Lipinski definition) is 2. The summed E-state index contributed by atoms with van der Waals surface area (Å²) in [4.78, 5) is 22.8. The zero-order valence-electron chi connectivity index (χ0n) is 11.5. The van der Waals surface area contributed by atoms with E-state index in [1.165, 1.54) is 12.5 Å². The lowest BCUT2D eigenvalue weighted by atomic mass is 10.0. The molecule has 1 unspecified atom stereocenters. The molecule has 0 spiro atoms. The van der Waals surface area contributed by atoms with Gasteiger partial charge in [-0.1, -0.05) is 30.3 Å². The van der Waals surface area contributed by atoms with Crippen LogP contribution in [0, 0.1) is 0 Å².